The number of methoxy groups -OCH3 is 1. The van der Waals surface area contributed by atoms with E-state index in [1.807, 2.05) is 31.2 Å². The fraction of sp³-hybridized carbons (Fsp3) is 0.105. The second kappa shape index (κ2) is 7.84. The number of hydrogen-bond acceptors (Lipinski definition) is 6. The zero-order valence-corrected chi connectivity index (χ0v) is 15.0. The number of carbonyl (C=O) groups is 1. The van der Waals surface area contributed by atoms with Crippen molar-refractivity contribution in [3.8, 4) is 0 Å². The summed E-state index contributed by atoms with van der Waals surface area (Å²) < 4.78 is 4.81. The van der Waals surface area contributed by atoms with Gasteiger partial charge >= 0.3 is 5.97 Å². The summed E-state index contributed by atoms with van der Waals surface area (Å²) in [5.41, 5.74) is 2.92. The summed E-state index contributed by atoms with van der Waals surface area (Å²) in [5, 5.41) is 6.98. The molecule has 0 atom stereocenters. The van der Waals surface area contributed by atoms with Gasteiger partial charge in [-0.25, -0.2) is 14.8 Å². The van der Waals surface area contributed by atoms with Gasteiger partial charge in [0.15, 0.2) is 0 Å². The zero-order chi connectivity index (χ0) is 18.5. The molecule has 0 bridgehead atoms. The summed E-state index contributed by atoms with van der Waals surface area (Å²) in [4.78, 5) is 20.3. The number of nitrogens with one attached hydrogen (secondary N) is 2. The van der Waals surface area contributed by atoms with Gasteiger partial charge in [-0.2, -0.15) is 0 Å². The number of para-hydroxylation sites is 1. The Bertz CT molecular complexity index is 946. The average molecular weight is 369 g/mol. The van der Waals surface area contributed by atoms with Crippen LogP contribution in [0.25, 0.3) is 0 Å². The van der Waals surface area contributed by atoms with Crippen LogP contribution in [0.15, 0.2) is 54.9 Å². The number of nitrogens with zero attached hydrogens (tertiary/aromatic N) is 2. The number of benzene rings is 2. The second-order valence-electron chi connectivity index (χ2n) is 5.53. The minimum Gasteiger partial charge on any atom is -0.465 e. The summed E-state index contributed by atoms with van der Waals surface area (Å²) in [6.45, 7) is 1.98. The van der Waals surface area contributed by atoms with Crippen molar-refractivity contribution in [2.45, 2.75) is 6.92 Å². The highest BCUT2D eigenvalue weighted by Gasteiger charge is 2.12. The Balaban J connectivity index is 1.85. The maximum absolute atomic E-state index is 11.9. The monoisotopic (exact) mass is 368 g/mol. The van der Waals surface area contributed by atoms with Crippen molar-refractivity contribution in [1.29, 1.82) is 0 Å². The summed E-state index contributed by atoms with van der Waals surface area (Å²) in [6.07, 6.45) is 1.44. The quantitative estimate of drug-likeness (QED) is 0.635. The van der Waals surface area contributed by atoms with Gasteiger partial charge in [0.2, 0.25) is 0 Å². The minimum absolute atomic E-state index is 0.421. The van der Waals surface area contributed by atoms with Crippen molar-refractivity contribution in [1.82, 2.24) is 9.97 Å². The lowest BCUT2D eigenvalue weighted by Crippen LogP contribution is -2.06. The Labute approximate surface area is 156 Å². The lowest BCUT2D eigenvalue weighted by molar-refractivity contribution is 0.0602. The van der Waals surface area contributed by atoms with E-state index in [9.17, 15) is 4.79 Å². The molecule has 6 nitrogen and oxygen atoms in total. The molecule has 0 unspecified atom stereocenters. The fourth-order valence-electron chi connectivity index (χ4n) is 2.38. The molecular formula is C19H17ClN4O2. The first-order valence-electron chi connectivity index (χ1n) is 7.86. The van der Waals surface area contributed by atoms with Crippen molar-refractivity contribution >= 4 is 40.6 Å². The van der Waals surface area contributed by atoms with Crippen molar-refractivity contribution in [3.63, 3.8) is 0 Å². The maximum atomic E-state index is 11.9. The van der Waals surface area contributed by atoms with E-state index in [4.69, 9.17) is 16.3 Å². The van der Waals surface area contributed by atoms with Crippen LogP contribution >= 0.6 is 11.6 Å². The second-order valence-corrected chi connectivity index (χ2v) is 5.97. The Morgan fingerprint density at radius 2 is 1.69 bits per heavy atom. The van der Waals surface area contributed by atoms with Gasteiger partial charge in [0.05, 0.1) is 18.4 Å². The van der Waals surface area contributed by atoms with E-state index in [1.54, 1.807) is 24.3 Å². The number of hydrogen-bond donors (Lipinski definition) is 2. The van der Waals surface area contributed by atoms with Gasteiger partial charge in [-0.1, -0.05) is 29.8 Å². The SMILES string of the molecule is COC(=O)c1ccccc1Nc1cc(Nc2cc(Cl)ccc2C)ncn1. The number of halogens is 1. The molecule has 132 valence electrons. The molecule has 2 aromatic carbocycles. The van der Waals surface area contributed by atoms with Crippen LogP contribution in [0.3, 0.4) is 0 Å². The molecule has 1 aromatic heterocycles. The first-order chi connectivity index (χ1) is 12.6. The van der Waals surface area contributed by atoms with Crippen molar-refractivity contribution in [3.05, 3.63) is 71.0 Å². The molecule has 0 aliphatic carbocycles. The third-order valence-corrected chi connectivity index (χ3v) is 3.96. The highest BCUT2D eigenvalue weighted by atomic mass is 35.5. The standard InChI is InChI=1S/C19H17ClN4O2/c1-12-7-8-13(20)9-16(12)24-18-10-17(21-11-22-18)23-15-6-4-3-5-14(15)19(25)26-2/h3-11H,1-2H3,(H2,21,22,23,24). The normalized spacial score (nSPS) is 10.3. The van der Waals surface area contributed by atoms with Crippen molar-refractivity contribution in [2.75, 3.05) is 17.7 Å². The number of anilines is 4. The molecule has 7 heteroatoms. The number of carbonyl (C=O) groups excluding carboxylic acids is 1. The van der Waals surface area contributed by atoms with E-state index in [1.165, 1.54) is 13.4 Å². The molecule has 0 amide bonds. The third kappa shape index (κ3) is 4.10. The van der Waals surface area contributed by atoms with E-state index in [-0.39, 0.29) is 0 Å². The van der Waals surface area contributed by atoms with Gasteiger partial charge in [0.1, 0.15) is 18.0 Å². The van der Waals surface area contributed by atoms with Crippen molar-refractivity contribution in [2.24, 2.45) is 0 Å². The molecule has 0 saturated heterocycles. The number of aryl methyl sites for hydroxylation is 1. The summed E-state index contributed by atoms with van der Waals surface area (Å²) in [7, 11) is 1.35. The molecule has 0 aliphatic heterocycles. The molecule has 0 spiro atoms. The van der Waals surface area contributed by atoms with Gasteiger partial charge in [0.25, 0.3) is 0 Å². The molecule has 1 heterocycles. The summed E-state index contributed by atoms with van der Waals surface area (Å²) in [6, 6.07) is 14.4. The van der Waals surface area contributed by atoms with Crippen molar-refractivity contribution < 1.29 is 9.53 Å². The topological polar surface area (TPSA) is 76.1 Å². The average Bonchev–Trinajstić information content (AvgIpc) is 2.65. The Hall–Kier alpha value is -3.12. The van der Waals surface area contributed by atoms with Crippen LogP contribution in [0.2, 0.25) is 5.02 Å². The number of esters is 1. The van der Waals surface area contributed by atoms with E-state index >= 15 is 0 Å². The Morgan fingerprint density at radius 3 is 2.42 bits per heavy atom. The molecule has 0 fully saturated rings. The van der Waals surface area contributed by atoms with Crippen LogP contribution in [-0.4, -0.2) is 23.0 Å². The number of rotatable bonds is 5. The van der Waals surface area contributed by atoms with Crippen LogP contribution in [-0.2, 0) is 4.74 Å². The van der Waals surface area contributed by atoms with Crippen LogP contribution in [0.1, 0.15) is 15.9 Å². The predicted octanol–water partition coefficient (Wildman–Crippen LogP) is 4.71. The minimum atomic E-state index is -0.421. The van der Waals surface area contributed by atoms with Gasteiger partial charge in [0, 0.05) is 16.8 Å². The van der Waals surface area contributed by atoms with Gasteiger partial charge < -0.3 is 15.4 Å². The summed E-state index contributed by atoms with van der Waals surface area (Å²) in [5.74, 6) is 0.719. The zero-order valence-electron chi connectivity index (χ0n) is 14.3. The summed E-state index contributed by atoms with van der Waals surface area (Å²) >= 11 is 6.05. The van der Waals surface area contributed by atoms with E-state index in [2.05, 4.69) is 20.6 Å². The molecule has 3 aromatic rings. The third-order valence-electron chi connectivity index (χ3n) is 3.72. The van der Waals surface area contributed by atoms with E-state index in [0.717, 1.165) is 11.3 Å². The van der Waals surface area contributed by atoms with Crippen LogP contribution in [0.5, 0.6) is 0 Å². The highest BCUT2D eigenvalue weighted by Crippen LogP contribution is 2.25. The van der Waals surface area contributed by atoms with E-state index in [0.29, 0.717) is 27.9 Å². The first kappa shape index (κ1) is 17.7. The van der Waals surface area contributed by atoms with Crippen LogP contribution in [0.4, 0.5) is 23.0 Å². The molecular weight excluding hydrogens is 352 g/mol. The van der Waals surface area contributed by atoms with Gasteiger partial charge in [-0.15, -0.1) is 0 Å². The smallest absolute Gasteiger partial charge is 0.339 e. The fourth-order valence-corrected chi connectivity index (χ4v) is 2.55. The molecule has 0 radical (unpaired) electrons. The van der Waals surface area contributed by atoms with E-state index < -0.39 is 5.97 Å². The lowest BCUT2D eigenvalue weighted by Gasteiger charge is -2.12. The van der Waals surface area contributed by atoms with Crippen LogP contribution < -0.4 is 10.6 Å². The predicted molar refractivity (Wildman–Crippen MR) is 103 cm³/mol. The molecule has 2 N–H and O–H groups in total. The molecule has 26 heavy (non-hydrogen) atoms. The van der Waals surface area contributed by atoms with Gasteiger partial charge in [-0.05, 0) is 36.8 Å². The largest absolute Gasteiger partial charge is 0.465 e. The lowest BCUT2D eigenvalue weighted by atomic mass is 10.2. The van der Waals surface area contributed by atoms with Crippen LogP contribution in [0, 0.1) is 6.92 Å². The molecule has 0 saturated carbocycles. The number of aromatic nitrogens is 2. The molecule has 0 aliphatic rings. The number of ether oxygens (including phenoxy) is 1. The first-order valence-corrected chi connectivity index (χ1v) is 8.24. The Kier molecular flexibility index (Phi) is 5.34. The van der Waals surface area contributed by atoms with Gasteiger partial charge in [-0.3, -0.25) is 0 Å². The highest BCUT2D eigenvalue weighted by molar-refractivity contribution is 6.30. The molecule has 3 rings (SSSR count). The Morgan fingerprint density at radius 1 is 1.00 bits per heavy atom. The maximum Gasteiger partial charge on any atom is 0.339 e.